The molecule has 0 N–H and O–H groups in total. The van der Waals surface area contributed by atoms with E-state index in [-0.39, 0.29) is 0 Å². The maximum Gasteiger partial charge on any atom is 0.363 e. The Morgan fingerprint density at radius 1 is 0.920 bits per heavy atom. The standard InChI is InChI=1S/C21H20N2O2/c1-15-4-6-17(7-5-15)14-19-21(24)25-20(22-19)13-10-16-8-11-18(12-9-16)23(2)3/h4-14H,1-3H3. The summed E-state index contributed by atoms with van der Waals surface area (Å²) >= 11 is 0. The molecule has 0 aromatic heterocycles. The Morgan fingerprint density at radius 2 is 1.56 bits per heavy atom. The minimum absolute atomic E-state index is 0.306. The van der Waals surface area contributed by atoms with E-state index in [0.717, 1.165) is 16.8 Å². The van der Waals surface area contributed by atoms with Crippen molar-refractivity contribution in [1.82, 2.24) is 0 Å². The first-order chi connectivity index (χ1) is 12.0. The number of ether oxygens (including phenoxy) is 1. The molecular formula is C21H20N2O2. The minimum atomic E-state index is -0.428. The number of carbonyl (C=O) groups excluding carboxylic acids is 1. The highest BCUT2D eigenvalue weighted by molar-refractivity contribution is 6.11. The summed E-state index contributed by atoms with van der Waals surface area (Å²) in [6.45, 7) is 2.02. The van der Waals surface area contributed by atoms with Crippen molar-refractivity contribution in [2.45, 2.75) is 6.92 Å². The molecule has 0 atom stereocenters. The summed E-state index contributed by atoms with van der Waals surface area (Å²) in [4.78, 5) is 18.2. The number of aliphatic imine (C=N–C) groups is 1. The number of rotatable bonds is 4. The van der Waals surface area contributed by atoms with Gasteiger partial charge in [-0.15, -0.1) is 0 Å². The second-order valence-electron chi connectivity index (χ2n) is 6.10. The third-order valence-corrected chi connectivity index (χ3v) is 3.85. The van der Waals surface area contributed by atoms with Gasteiger partial charge in [0.1, 0.15) is 0 Å². The summed E-state index contributed by atoms with van der Waals surface area (Å²) in [6, 6.07) is 16.0. The second kappa shape index (κ2) is 7.18. The number of cyclic esters (lactones) is 1. The molecule has 0 saturated carbocycles. The molecule has 126 valence electrons. The zero-order valence-corrected chi connectivity index (χ0v) is 14.6. The van der Waals surface area contributed by atoms with Crippen LogP contribution in [0.2, 0.25) is 0 Å². The van der Waals surface area contributed by atoms with Gasteiger partial charge in [-0.05, 0) is 42.3 Å². The average Bonchev–Trinajstić information content (AvgIpc) is 2.95. The first-order valence-corrected chi connectivity index (χ1v) is 8.06. The lowest BCUT2D eigenvalue weighted by molar-refractivity contribution is -0.129. The summed E-state index contributed by atoms with van der Waals surface area (Å²) in [7, 11) is 4.00. The van der Waals surface area contributed by atoms with Crippen molar-refractivity contribution in [3.05, 3.63) is 77.0 Å². The van der Waals surface area contributed by atoms with E-state index in [4.69, 9.17) is 4.74 Å². The Morgan fingerprint density at radius 3 is 2.20 bits per heavy atom. The van der Waals surface area contributed by atoms with Crippen molar-refractivity contribution in [2.24, 2.45) is 4.99 Å². The molecule has 0 bridgehead atoms. The van der Waals surface area contributed by atoms with Gasteiger partial charge in [0.25, 0.3) is 0 Å². The van der Waals surface area contributed by atoms with Gasteiger partial charge in [0.2, 0.25) is 5.90 Å². The van der Waals surface area contributed by atoms with E-state index in [1.165, 1.54) is 5.56 Å². The topological polar surface area (TPSA) is 41.9 Å². The van der Waals surface area contributed by atoms with Crippen molar-refractivity contribution in [3.63, 3.8) is 0 Å². The largest absolute Gasteiger partial charge is 0.403 e. The average molecular weight is 332 g/mol. The fraction of sp³-hybridized carbons (Fsp3) is 0.143. The van der Waals surface area contributed by atoms with Crippen LogP contribution in [-0.4, -0.2) is 26.0 Å². The molecule has 2 aromatic carbocycles. The molecular weight excluding hydrogens is 312 g/mol. The van der Waals surface area contributed by atoms with Crippen LogP contribution in [0.4, 0.5) is 5.69 Å². The first kappa shape index (κ1) is 16.7. The lowest BCUT2D eigenvalue weighted by Crippen LogP contribution is -2.07. The van der Waals surface area contributed by atoms with Gasteiger partial charge in [0.15, 0.2) is 5.70 Å². The van der Waals surface area contributed by atoms with Crippen LogP contribution in [-0.2, 0) is 9.53 Å². The fourth-order valence-corrected chi connectivity index (χ4v) is 2.37. The molecule has 2 aromatic rings. The van der Waals surface area contributed by atoms with Crippen LogP contribution in [0.5, 0.6) is 0 Å². The number of benzene rings is 2. The fourth-order valence-electron chi connectivity index (χ4n) is 2.37. The third kappa shape index (κ3) is 4.23. The number of hydrogen-bond donors (Lipinski definition) is 0. The van der Waals surface area contributed by atoms with Gasteiger partial charge < -0.3 is 9.64 Å². The van der Waals surface area contributed by atoms with Crippen LogP contribution in [0, 0.1) is 6.92 Å². The smallest absolute Gasteiger partial charge is 0.363 e. The zero-order chi connectivity index (χ0) is 17.8. The highest BCUT2D eigenvalue weighted by atomic mass is 16.6. The Kier molecular flexibility index (Phi) is 4.80. The van der Waals surface area contributed by atoms with Crippen LogP contribution in [0.25, 0.3) is 12.2 Å². The minimum Gasteiger partial charge on any atom is -0.403 e. The molecule has 0 saturated heterocycles. The number of nitrogens with zero attached hydrogens (tertiary/aromatic N) is 2. The molecule has 1 aliphatic heterocycles. The summed E-state index contributed by atoms with van der Waals surface area (Å²) in [6.07, 6.45) is 5.31. The first-order valence-electron chi connectivity index (χ1n) is 8.06. The summed E-state index contributed by atoms with van der Waals surface area (Å²) in [5, 5.41) is 0. The van der Waals surface area contributed by atoms with E-state index in [1.807, 2.05) is 80.5 Å². The van der Waals surface area contributed by atoms with Crippen LogP contribution in [0.1, 0.15) is 16.7 Å². The molecule has 1 aliphatic rings. The molecule has 0 amide bonds. The van der Waals surface area contributed by atoms with Crippen LogP contribution >= 0.6 is 0 Å². The summed E-state index contributed by atoms with van der Waals surface area (Å²) in [5.41, 5.74) is 4.55. The van der Waals surface area contributed by atoms with E-state index in [0.29, 0.717) is 11.6 Å². The molecule has 1 heterocycles. The van der Waals surface area contributed by atoms with Crippen molar-refractivity contribution in [2.75, 3.05) is 19.0 Å². The van der Waals surface area contributed by atoms with Crippen molar-refractivity contribution in [3.8, 4) is 0 Å². The zero-order valence-electron chi connectivity index (χ0n) is 14.6. The quantitative estimate of drug-likeness (QED) is 0.626. The van der Waals surface area contributed by atoms with Crippen molar-refractivity contribution >= 4 is 29.7 Å². The molecule has 0 fully saturated rings. The van der Waals surface area contributed by atoms with Gasteiger partial charge >= 0.3 is 5.97 Å². The van der Waals surface area contributed by atoms with Gasteiger partial charge in [-0.3, -0.25) is 0 Å². The van der Waals surface area contributed by atoms with E-state index >= 15 is 0 Å². The second-order valence-corrected chi connectivity index (χ2v) is 6.10. The van der Waals surface area contributed by atoms with Gasteiger partial charge in [-0.25, -0.2) is 9.79 Å². The van der Waals surface area contributed by atoms with Crippen LogP contribution < -0.4 is 4.90 Å². The number of esters is 1. The van der Waals surface area contributed by atoms with E-state index in [9.17, 15) is 4.79 Å². The van der Waals surface area contributed by atoms with E-state index in [1.54, 1.807) is 12.2 Å². The molecule has 25 heavy (non-hydrogen) atoms. The molecule has 4 nitrogen and oxygen atoms in total. The Hall–Kier alpha value is -3.14. The van der Waals surface area contributed by atoms with Gasteiger partial charge in [0.05, 0.1) is 0 Å². The van der Waals surface area contributed by atoms with Crippen molar-refractivity contribution in [1.29, 1.82) is 0 Å². The van der Waals surface area contributed by atoms with Gasteiger partial charge in [-0.1, -0.05) is 42.0 Å². The molecule has 0 unspecified atom stereocenters. The van der Waals surface area contributed by atoms with Gasteiger partial charge in [-0.2, -0.15) is 0 Å². The predicted octanol–water partition coefficient (Wildman–Crippen LogP) is 4.07. The Labute approximate surface area is 147 Å². The highest BCUT2D eigenvalue weighted by Gasteiger charge is 2.20. The maximum atomic E-state index is 11.9. The summed E-state index contributed by atoms with van der Waals surface area (Å²) < 4.78 is 5.20. The molecule has 3 rings (SSSR count). The summed E-state index contributed by atoms with van der Waals surface area (Å²) in [5.74, 6) is -0.122. The monoisotopic (exact) mass is 332 g/mol. The Balaban J connectivity index is 1.74. The van der Waals surface area contributed by atoms with Crippen molar-refractivity contribution < 1.29 is 9.53 Å². The van der Waals surface area contributed by atoms with E-state index in [2.05, 4.69) is 4.99 Å². The number of anilines is 1. The number of hydrogen-bond acceptors (Lipinski definition) is 4. The molecule has 0 spiro atoms. The lowest BCUT2D eigenvalue weighted by atomic mass is 10.1. The lowest BCUT2D eigenvalue weighted by Gasteiger charge is -2.11. The SMILES string of the molecule is Cc1ccc(C=C2N=C(C=Cc3ccc(N(C)C)cc3)OC2=O)cc1. The van der Waals surface area contributed by atoms with Crippen LogP contribution in [0.15, 0.2) is 65.3 Å². The third-order valence-electron chi connectivity index (χ3n) is 3.85. The normalized spacial score (nSPS) is 15.6. The molecule has 0 radical (unpaired) electrons. The molecule has 4 heteroatoms. The van der Waals surface area contributed by atoms with Crippen LogP contribution in [0.3, 0.4) is 0 Å². The van der Waals surface area contributed by atoms with Gasteiger partial charge in [0, 0.05) is 25.9 Å². The van der Waals surface area contributed by atoms with E-state index < -0.39 is 5.97 Å². The molecule has 0 aliphatic carbocycles. The predicted molar refractivity (Wildman–Crippen MR) is 102 cm³/mol. The number of carbonyl (C=O) groups is 1. The Bertz CT molecular complexity index is 858. The number of aryl methyl sites for hydroxylation is 1. The highest BCUT2D eigenvalue weighted by Crippen LogP contribution is 2.18. The maximum absolute atomic E-state index is 11.9.